The van der Waals surface area contributed by atoms with E-state index in [1.807, 2.05) is 18.2 Å². The molecular formula is C15H22Cl2N2. The number of benzene rings is 1. The summed E-state index contributed by atoms with van der Waals surface area (Å²) in [4.78, 5) is 0. The fourth-order valence-corrected chi connectivity index (χ4v) is 3.26. The minimum atomic E-state index is 0.164. The monoisotopic (exact) mass is 300 g/mol. The zero-order valence-corrected chi connectivity index (χ0v) is 12.7. The molecular weight excluding hydrogens is 279 g/mol. The maximum atomic E-state index is 6.06. The van der Waals surface area contributed by atoms with Crippen LogP contribution in [0.1, 0.15) is 56.6 Å². The van der Waals surface area contributed by atoms with Crippen molar-refractivity contribution in [1.82, 2.24) is 5.43 Å². The van der Waals surface area contributed by atoms with Crippen molar-refractivity contribution in [2.24, 2.45) is 11.8 Å². The van der Waals surface area contributed by atoms with Gasteiger partial charge in [0.05, 0.1) is 10.0 Å². The normalized spacial score (nSPS) is 18.5. The van der Waals surface area contributed by atoms with Crippen LogP contribution in [0.4, 0.5) is 0 Å². The summed E-state index contributed by atoms with van der Waals surface area (Å²) in [6, 6.07) is 5.91. The Balaban J connectivity index is 1.93. The van der Waals surface area contributed by atoms with Crippen molar-refractivity contribution >= 4 is 23.2 Å². The molecule has 1 unspecified atom stereocenters. The van der Waals surface area contributed by atoms with E-state index in [0.29, 0.717) is 10.0 Å². The lowest BCUT2D eigenvalue weighted by molar-refractivity contribution is 0.315. The van der Waals surface area contributed by atoms with Crippen LogP contribution in [0.3, 0.4) is 0 Å². The molecule has 1 saturated carbocycles. The number of rotatable bonds is 5. The van der Waals surface area contributed by atoms with Crippen LogP contribution in [0.5, 0.6) is 0 Å². The average Bonchev–Trinajstić information content (AvgIpc) is 2.44. The van der Waals surface area contributed by atoms with Gasteiger partial charge in [0.1, 0.15) is 0 Å². The Labute approximate surface area is 125 Å². The van der Waals surface area contributed by atoms with E-state index in [9.17, 15) is 0 Å². The summed E-state index contributed by atoms with van der Waals surface area (Å²) >= 11 is 12.0. The maximum Gasteiger partial charge on any atom is 0.0595 e. The molecule has 1 aromatic carbocycles. The first-order chi connectivity index (χ1) is 9.20. The Morgan fingerprint density at radius 3 is 2.53 bits per heavy atom. The lowest BCUT2D eigenvalue weighted by Gasteiger charge is -2.24. The third kappa shape index (κ3) is 4.35. The van der Waals surface area contributed by atoms with Gasteiger partial charge < -0.3 is 0 Å². The van der Waals surface area contributed by atoms with Crippen LogP contribution in [-0.2, 0) is 0 Å². The van der Waals surface area contributed by atoms with Gasteiger partial charge in [-0.2, -0.15) is 0 Å². The van der Waals surface area contributed by atoms with Gasteiger partial charge >= 0.3 is 0 Å². The highest BCUT2D eigenvalue weighted by molar-refractivity contribution is 6.42. The van der Waals surface area contributed by atoms with Gasteiger partial charge in [0.25, 0.3) is 0 Å². The molecule has 1 aliphatic carbocycles. The van der Waals surface area contributed by atoms with Crippen LogP contribution < -0.4 is 11.3 Å². The standard InChI is InChI=1S/C15H22Cl2N2/c16-13-8-7-12(10-14(13)17)15(19-18)9-6-11-4-2-1-3-5-11/h7-8,10-11,15,19H,1-6,9,18H2. The molecule has 1 atom stereocenters. The van der Waals surface area contributed by atoms with E-state index in [2.05, 4.69) is 5.43 Å². The third-order valence-corrected chi connectivity index (χ3v) is 4.87. The van der Waals surface area contributed by atoms with E-state index >= 15 is 0 Å². The van der Waals surface area contributed by atoms with Crippen LogP contribution in [-0.4, -0.2) is 0 Å². The molecule has 4 heteroatoms. The Morgan fingerprint density at radius 2 is 1.89 bits per heavy atom. The van der Waals surface area contributed by atoms with Gasteiger partial charge in [0.15, 0.2) is 0 Å². The number of nitrogens with one attached hydrogen (secondary N) is 1. The van der Waals surface area contributed by atoms with Gasteiger partial charge in [-0.25, -0.2) is 0 Å². The van der Waals surface area contributed by atoms with Crippen molar-refractivity contribution in [2.75, 3.05) is 0 Å². The molecule has 2 rings (SSSR count). The fourth-order valence-electron chi connectivity index (χ4n) is 2.95. The van der Waals surface area contributed by atoms with Crippen molar-refractivity contribution in [3.63, 3.8) is 0 Å². The van der Waals surface area contributed by atoms with Crippen molar-refractivity contribution in [1.29, 1.82) is 0 Å². The Kier molecular flexibility index (Phi) is 5.96. The van der Waals surface area contributed by atoms with E-state index < -0.39 is 0 Å². The largest absolute Gasteiger partial charge is 0.271 e. The second-order valence-corrected chi connectivity index (χ2v) is 6.29. The highest BCUT2D eigenvalue weighted by Crippen LogP contribution is 2.31. The molecule has 0 aliphatic heterocycles. The van der Waals surface area contributed by atoms with Crippen molar-refractivity contribution in [3.05, 3.63) is 33.8 Å². The molecule has 1 aromatic rings. The van der Waals surface area contributed by atoms with Crippen molar-refractivity contribution in [2.45, 2.75) is 51.0 Å². The van der Waals surface area contributed by atoms with Gasteiger partial charge in [-0.05, 0) is 36.5 Å². The van der Waals surface area contributed by atoms with Gasteiger partial charge in [0, 0.05) is 6.04 Å². The lowest BCUT2D eigenvalue weighted by atomic mass is 9.84. The first kappa shape index (κ1) is 15.1. The summed E-state index contributed by atoms with van der Waals surface area (Å²) in [6.45, 7) is 0. The Hall–Kier alpha value is -0.280. The van der Waals surface area contributed by atoms with E-state index in [0.717, 1.165) is 17.9 Å². The Bertz CT molecular complexity index is 403. The molecule has 0 radical (unpaired) electrons. The predicted octanol–water partition coefficient (Wildman–Crippen LogP) is 4.86. The molecule has 0 saturated heterocycles. The summed E-state index contributed by atoms with van der Waals surface area (Å²) in [5.41, 5.74) is 4.02. The molecule has 2 nitrogen and oxygen atoms in total. The van der Waals surface area contributed by atoms with Gasteiger partial charge in [-0.15, -0.1) is 0 Å². The first-order valence-corrected chi connectivity index (χ1v) is 7.87. The van der Waals surface area contributed by atoms with Gasteiger partial charge in [-0.3, -0.25) is 11.3 Å². The zero-order valence-electron chi connectivity index (χ0n) is 11.2. The molecule has 1 aliphatic rings. The summed E-state index contributed by atoms with van der Waals surface area (Å²) < 4.78 is 0. The first-order valence-electron chi connectivity index (χ1n) is 7.12. The molecule has 0 bridgehead atoms. The fraction of sp³-hybridized carbons (Fsp3) is 0.600. The molecule has 1 fully saturated rings. The van der Waals surface area contributed by atoms with E-state index in [1.165, 1.54) is 38.5 Å². The van der Waals surface area contributed by atoms with Crippen LogP contribution in [0.2, 0.25) is 10.0 Å². The molecule has 19 heavy (non-hydrogen) atoms. The highest BCUT2D eigenvalue weighted by Gasteiger charge is 2.17. The maximum absolute atomic E-state index is 6.06. The van der Waals surface area contributed by atoms with E-state index in [4.69, 9.17) is 29.0 Å². The smallest absolute Gasteiger partial charge is 0.0595 e. The molecule has 0 spiro atoms. The van der Waals surface area contributed by atoms with Crippen LogP contribution in [0, 0.1) is 5.92 Å². The number of halogens is 2. The molecule has 0 amide bonds. The van der Waals surface area contributed by atoms with Gasteiger partial charge in [0.2, 0.25) is 0 Å². The molecule has 0 aromatic heterocycles. The third-order valence-electron chi connectivity index (χ3n) is 4.14. The second kappa shape index (κ2) is 7.49. The topological polar surface area (TPSA) is 38.0 Å². The highest BCUT2D eigenvalue weighted by atomic mass is 35.5. The summed E-state index contributed by atoms with van der Waals surface area (Å²) in [6.07, 6.45) is 9.21. The average molecular weight is 301 g/mol. The van der Waals surface area contributed by atoms with Crippen LogP contribution in [0.15, 0.2) is 18.2 Å². The van der Waals surface area contributed by atoms with Crippen LogP contribution in [0.25, 0.3) is 0 Å². The van der Waals surface area contributed by atoms with Gasteiger partial charge in [-0.1, -0.05) is 61.4 Å². The number of hydrogen-bond acceptors (Lipinski definition) is 2. The lowest BCUT2D eigenvalue weighted by Crippen LogP contribution is -2.28. The summed E-state index contributed by atoms with van der Waals surface area (Å²) in [5, 5.41) is 1.19. The number of hydrogen-bond donors (Lipinski definition) is 2. The SMILES string of the molecule is NNC(CCC1CCCCC1)c1ccc(Cl)c(Cl)c1. The minimum Gasteiger partial charge on any atom is -0.271 e. The molecule has 3 N–H and O–H groups in total. The zero-order chi connectivity index (χ0) is 13.7. The van der Waals surface area contributed by atoms with E-state index in [-0.39, 0.29) is 6.04 Å². The summed E-state index contributed by atoms with van der Waals surface area (Å²) in [5.74, 6) is 6.55. The van der Waals surface area contributed by atoms with Crippen LogP contribution >= 0.6 is 23.2 Å². The van der Waals surface area contributed by atoms with Crippen molar-refractivity contribution < 1.29 is 0 Å². The number of nitrogens with two attached hydrogens (primary N) is 1. The molecule has 106 valence electrons. The minimum absolute atomic E-state index is 0.164. The predicted molar refractivity (Wildman–Crippen MR) is 82.3 cm³/mol. The Morgan fingerprint density at radius 1 is 1.16 bits per heavy atom. The van der Waals surface area contributed by atoms with E-state index in [1.54, 1.807) is 0 Å². The molecule has 0 heterocycles. The second-order valence-electron chi connectivity index (χ2n) is 5.47. The van der Waals surface area contributed by atoms with Crippen molar-refractivity contribution in [3.8, 4) is 0 Å². The quantitative estimate of drug-likeness (QED) is 0.602. The summed E-state index contributed by atoms with van der Waals surface area (Å²) in [7, 11) is 0. The number of hydrazine groups is 1.